The molecule has 1 aliphatic carbocycles. The Labute approximate surface area is 208 Å². The molecular weight excluding hydrogens is 444 g/mol. The van der Waals surface area contributed by atoms with Gasteiger partial charge < -0.3 is 20.5 Å². The Morgan fingerprint density at radius 1 is 1.31 bits per heavy atom. The van der Waals surface area contributed by atoms with E-state index in [2.05, 4.69) is 5.32 Å². The first-order valence-electron chi connectivity index (χ1n) is 12.9. The van der Waals surface area contributed by atoms with Gasteiger partial charge in [0.1, 0.15) is 11.4 Å². The van der Waals surface area contributed by atoms with Crippen molar-refractivity contribution < 1.29 is 19.1 Å². The van der Waals surface area contributed by atoms with Crippen molar-refractivity contribution >= 4 is 17.8 Å². The van der Waals surface area contributed by atoms with Gasteiger partial charge in [0.15, 0.2) is 5.96 Å². The van der Waals surface area contributed by atoms with Crippen LogP contribution >= 0.6 is 0 Å². The second kappa shape index (κ2) is 9.80. The minimum absolute atomic E-state index is 0.00605. The number of ether oxygens (including phenoxy) is 2. The predicted octanol–water partition coefficient (Wildman–Crippen LogP) is 3.55. The van der Waals surface area contributed by atoms with Gasteiger partial charge in [-0.2, -0.15) is 0 Å². The van der Waals surface area contributed by atoms with E-state index in [4.69, 9.17) is 20.2 Å². The molecule has 4 atom stereocenters. The monoisotopic (exact) mass is 484 g/mol. The molecule has 8 heteroatoms. The van der Waals surface area contributed by atoms with E-state index in [1.54, 1.807) is 12.0 Å². The van der Waals surface area contributed by atoms with Gasteiger partial charge in [-0.25, -0.2) is 4.99 Å². The van der Waals surface area contributed by atoms with Gasteiger partial charge in [0.2, 0.25) is 11.8 Å². The van der Waals surface area contributed by atoms with Gasteiger partial charge in [-0.15, -0.1) is 0 Å². The van der Waals surface area contributed by atoms with Crippen LogP contribution in [0.3, 0.4) is 0 Å². The lowest BCUT2D eigenvalue weighted by molar-refractivity contribution is -0.133. The first-order chi connectivity index (χ1) is 16.6. The number of aliphatic imine (C=N–C) groups is 1. The number of carbonyl (C=O) groups excluding carboxylic acids is 2. The maximum absolute atomic E-state index is 13.4. The number of methoxy groups -OCH3 is 1. The molecule has 8 nitrogen and oxygen atoms in total. The van der Waals surface area contributed by atoms with Crippen molar-refractivity contribution in [1.29, 1.82) is 0 Å². The number of para-hydroxylation sites is 1. The topological polar surface area (TPSA) is 106 Å². The van der Waals surface area contributed by atoms with Gasteiger partial charge in [0.05, 0.1) is 18.0 Å². The van der Waals surface area contributed by atoms with Gasteiger partial charge in [-0.1, -0.05) is 32.0 Å². The highest BCUT2D eigenvalue weighted by Crippen LogP contribution is 2.47. The summed E-state index contributed by atoms with van der Waals surface area (Å²) in [6.45, 7) is 8.66. The zero-order valence-corrected chi connectivity index (χ0v) is 21.7. The first-order valence-corrected chi connectivity index (χ1v) is 12.9. The number of fused-ring (bicyclic) bond motifs is 1. The van der Waals surface area contributed by atoms with Crippen molar-refractivity contribution in [2.75, 3.05) is 13.7 Å². The SMILES string of the molecule is CCC1(CC)CC(=O)N([C@H](CCOC)[C@H]2CC2C(=O)N[C@H]2CC(C)(C)Oc3ccccc32)C(N)=N1. The van der Waals surface area contributed by atoms with Crippen LogP contribution in [0.5, 0.6) is 5.75 Å². The smallest absolute Gasteiger partial charge is 0.231 e. The third-order valence-corrected chi connectivity index (χ3v) is 7.98. The Bertz CT molecular complexity index is 987. The molecule has 0 radical (unpaired) electrons. The molecule has 4 rings (SSSR count). The van der Waals surface area contributed by atoms with Crippen LogP contribution in [0.2, 0.25) is 0 Å². The lowest BCUT2D eigenvalue weighted by Crippen LogP contribution is -2.56. The summed E-state index contributed by atoms with van der Waals surface area (Å²) in [4.78, 5) is 33.1. The molecule has 0 bridgehead atoms. The van der Waals surface area contributed by atoms with Crippen molar-refractivity contribution in [3.05, 3.63) is 29.8 Å². The zero-order valence-electron chi connectivity index (χ0n) is 21.7. The summed E-state index contributed by atoms with van der Waals surface area (Å²) in [5, 5.41) is 3.28. The van der Waals surface area contributed by atoms with Crippen LogP contribution in [0.25, 0.3) is 0 Å². The average molecular weight is 485 g/mol. The van der Waals surface area contributed by atoms with Gasteiger partial charge in [0, 0.05) is 37.7 Å². The number of benzene rings is 1. The van der Waals surface area contributed by atoms with Crippen LogP contribution in [0.1, 0.15) is 77.8 Å². The molecule has 2 aliphatic heterocycles. The molecule has 0 aromatic heterocycles. The zero-order chi connectivity index (χ0) is 25.4. The number of guanidine groups is 1. The van der Waals surface area contributed by atoms with E-state index in [1.807, 2.05) is 52.0 Å². The van der Waals surface area contributed by atoms with Crippen molar-refractivity contribution in [2.24, 2.45) is 22.6 Å². The van der Waals surface area contributed by atoms with Crippen LogP contribution in [-0.4, -0.2) is 53.6 Å². The molecule has 2 amide bonds. The maximum atomic E-state index is 13.4. The highest BCUT2D eigenvalue weighted by molar-refractivity contribution is 5.99. The van der Waals surface area contributed by atoms with Gasteiger partial charge >= 0.3 is 0 Å². The summed E-state index contributed by atoms with van der Waals surface area (Å²) in [5.41, 5.74) is 6.60. The number of carbonyl (C=O) groups is 2. The number of hydrogen-bond donors (Lipinski definition) is 2. The molecule has 2 heterocycles. The molecule has 1 unspecified atom stereocenters. The van der Waals surface area contributed by atoms with Crippen molar-refractivity contribution in [1.82, 2.24) is 10.2 Å². The van der Waals surface area contributed by atoms with Crippen LogP contribution in [0, 0.1) is 11.8 Å². The van der Waals surface area contributed by atoms with E-state index in [1.165, 1.54) is 0 Å². The molecule has 0 spiro atoms. The fraction of sp³-hybridized carbons (Fsp3) is 0.667. The number of hydrogen-bond acceptors (Lipinski definition) is 6. The summed E-state index contributed by atoms with van der Waals surface area (Å²) in [7, 11) is 1.65. The van der Waals surface area contributed by atoms with Crippen LogP contribution in [0.15, 0.2) is 29.3 Å². The number of rotatable bonds is 9. The van der Waals surface area contributed by atoms with E-state index in [9.17, 15) is 9.59 Å². The van der Waals surface area contributed by atoms with Crippen molar-refractivity contribution in [3.63, 3.8) is 0 Å². The van der Waals surface area contributed by atoms with E-state index < -0.39 is 5.54 Å². The molecule has 1 saturated carbocycles. The molecule has 3 aliphatic rings. The maximum Gasteiger partial charge on any atom is 0.231 e. The third-order valence-electron chi connectivity index (χ3n) is 7.98. The minimum Gasteiger partial charge on any atom is -0.487 e. The molecule has 35 heavy (non-hydrogen) atoms. The van der Waals surface area contributed by atoms with E-state index in [0.29, 0.717) is 25.9 Å². The average Bonchev–Trinajstić information content (AvgIpc) is 3.60. The first kappa shape index (κ1) is 25.5. The summed E-state index contributed by atoms with van der Waals surface area (Å²) >= 11 is 0. The fourth-order valence-electron chi connectivity index (χ4n) is 5.77. The predicted molar refractivity (Wildman–Crippen MR) is 135 cm³/mol. The lowest BCUT2D eigenvalue weighted by atomic mass is 9.87. The largest absolute Gasteiger partial charge is 0.487 e. The standard InChI is InChI=1S/C27H40N4O4/c1-6-27(7-2)16-23(32)31(25(28)30-27)21(12-13-34-5)18-14-19(18)24(33)29-20-15-26(3,4)35-22-11-9-8-10-17(20)22/h8-11,18-21H,6-7,12-16H2,1-5H3,(H2,28,30)(H,29,33)/t18-,19?,20-,21+/m0/s1. The van der Waals surface area contributed by atoms with Crippen LogP contribution < -0.4 is 15.8 Å². The second-order valence-corrected chi connectivity index (χ2v) is 10.9. The molecule has 1 fully saturated rings. The highest BCUT2D eigenvalue weighted by atomic mass is 16.5. The normalized spacial score (nSPS) is 27.3. The Morgan fingerprint density at radius 2 is 2.03 bits per heavy atom. The lowest BCUT2D eigenvalue weighted by Gasteiger charge is -2.40. The minimum atomic E-state index is -0.424. The molecule has 0 saturated heterocycles. The van der Waals surface area contributed by atoms with Crippen molar-refractivity contribution in [3.8, 4) is 5.75 Å². The third kappa shape index (κ3) is 5.17. The summed E-state index contributed by atoms with van der Waals surface area (Å²) in [5.74, 6) is 0.968. The number of nitrogens with one attached hydrogen (secondary N) is 1. The molecule has 192 valence electrons. The summed E-state index contributed by atoms with van der Waals surface area (Å²) < 4.78 is 11.5. The number of nitrogens with two attached hydrogens (primary N) is 1. The Balaban J connectivity index is 1.50. The molecule has 1 aromatic rings. The number of amides is 2. The summed E-state index contributed by atoms with van der Waals surface area (Å²) in [6.07, 6.45) is 3.92. The van der Waals surface area contributed by atoms with Crippen LogP contribution in [0.4, 0.5) is 0 Å². The van der Waals surface area contributed by atoms with Crippen molar-refractivity contribution in [2.45, 2.75) is 89.4 Å². The number of nitrogens with zero attached hydrogens (tertiary/aromatic N) is 2. The molecule has 3 N–H and O–H groups in total. The fourth-order valence-corrected chi connectivity index (χ4v) is 5.77. The molecular formula is C27H40N4O4. The van der Waals surface area contributed by atoms with Gasteiger partial charge in [-0.05, 0) is 51.5 Å². The Kier molecular flexibility index (Phi) is 7.13. The quantitative estimate of drug-likeness (QED) is 0.558. The van der Waals surface area contributed by atoms with E-state index in [-0.39, 0.29) is 47.3 Å². The highest BCUT2D eigenvalue weighted by Gasteiger charge is 2.53. The Morgan fingerprint density at radius 3 is 2.69 bits per heavy atom. The summed E-state index contributed by atoms with van der Waals surface area (Å²) in [6, 6.07) is 7.57. The van der Waals surface area contributed by atoms with Gasteiger partial charge in [-0.3, -0.25) is 14.5 Å². The van der Waals surface area contributed by atoms with E-state index >= 15 is 0 Å². The Hall–Kier alpha value is -2.61. The van der Waals surface area contributed by atoms with E-state index in [0.717, 1.165) is 30.6 Å². The van der Waals surface area contributed by atoms with Gasteiger partial charge in [0.25, 0.3) is 0 Å². The van der Waals surface area contributed by atoms with Crippen LogP contribution in [-0.2, 0) is 14.3 Å². The second-order valence-electron chi connectivity index (χ2n) is 10.9. The molecule has 1 aromatic carbocycles.